The molecule has 1 rings (SSSR count). The van der Waals surface area contributed by atoms with Crippen LogP contribution in [0, 0.1) is 0 Å². The van der Waals surface area contributed by atoms with Crippen LogP contribution in [-0.4, -0.2) is 48.2 Å². The maximum atomic E-state index is 11.3. The van der Waals surface area contributed by atoms with E-state index in [9.17, 15) is 9.59 Å². The van der Waals surface area contributed by atoms with Crippen molar-refractivity contribution < 1.29 is 19.4 Å². The lowest BCUT2D eigenvalue weighted by atomic mass is 10.2. The first-order chi connectivity index (χ1) is 6.13. The molecule has 1 fully saturated rings. The zero-order valence-electron chi connectivity index (χ0n) is 7.15. The van der Waals surface area contributed by atoms with Crippen LogP contribution < -0.4 is 0 Å². The van der Waals surface area contributed by atoms with Crippen molar-refractivity contribution in [2.24, 2.45) is 0 Å². The smallest absolute Gasteiger partial charge is 0.340 e. The van der Waals surface area contributed by atoms with Gasteiger partial charge in [-0.15, -0.1) is 0 Å². The Balaban J connectivity index is 2.55. The molecule has 0 unspecified atom stereocenters. The zero-order chi connectivity index (χ0) is 9.84. The minimum absolute atomic E-state index is 0.387. The second kappa shape index (κ2) is 4.04. The van der Waals surface area contributed by atoms with E-state index in [2.05, 4.69) is 6.58 Å². The van der Waals surface area contributed by atoms with Gasteiger partial charge in [0.2, 0.25) is 0 Å². The second-order valence-electron chi connectivity index (χ2n) is 2.69. The molecule has 0 aliphatic carbocycles. The fraction of sp³-hybridized carbons (Fsp3) is 0.500. The molecule has 0 radical (unpaired) electrons. The van der Waals surface area contributed by atoms with Gasteiger partial charge >= 0.3 is 5.97 Å². The minimum Gasteiger partial charge on any atom is -0.478 e. The predicted molar refractivity (Wildman–Crippen MR) is 44.2 cm³/mol. The molecular weight excluding hydrogens is 174 g/mol. The number of rotatable bonds is 2. The van der Waals surface area contributed by atoms with Gasteiger partial charge in [-0.1, -0.05) is 6.58 Å². The van der Waals surface area contributed by atoms with E-state index in [-0.39, 0.29) is 5.57 Å². The van der Waals surface area contributed by atoms with Gasteiger partial charge < -0.3 is 14.7 Å². The Labute approximate surface area is 75.6 Å². The molecule has 5 heteroatoms. The first-order valence-corrected chi connectivity index (χ1v) is 3.92. The number of carbonyl (C=O) groups is 2. The highest BCUT2D eigenvalue weighted by molar-refractivity contribution is 6.14. The highest BCUT2D eigenvalue weighted by Gasteiger charge is 2.22. The molecule has 0 aromatic carbocycles. The van der Waals surface area contributed by atoms with Gasteiger partial charge in [-0.25, -0.2) is 4.79 Å². The SMILES string of the molecule is C=C(C(=O)O)C(=O)N1CCOCC1. The van der Waals surface area contributed by atoms with E-state index in [0.717, 1.165) is 0 Å². The standard InChI is InChI=1S/C8H11NO4/c1-6(8(11)12)7(10)9-2-4-13-5-3-9/h1-5H2,(H,11,12). The first-order valence-electron chi connectivity index (χ1n) is 3.92. The summed E-state index contributed by atoms with van der Waals surface area (Å²) >= 11 is 0. The fourth-order valence-electron chi connectivity index (χ4n) is 1.05. The van der Waals surface area contributed by atoms with Crippen LogP contribution in [0.15, 0.2) is 12.2 Å². The molecule has 1 aliphatic heterocycles. The molecule has 0 aromatic heterocycles. The van der Waals surface area contributed by atoms with Crippen LogP contribution in [0.3, 0.4) is 0 Å². The van der Waals surface area contributed by atoms with Crippen molar-refractivity contribution in [3.63, 3.8) is 0 Å². The second-order valence-corrected chi connectivity index (χ2v) is 2.69. The van der Waals surface area contributed by atoms with Crippen LogP contribution in [0.4, 0.5) is 0 Å². The van der Waals surface area contributed by atoms with Crippen LogP contribution in [-0.2, 0) is 14.3 Å². The number of carboxylic acids is 1. The number of amides is 1. The van der Waals surface area contributed by atoms with E-state index in [4.69, 9.17) is 9.84 Å². The molecule has 0 bridgehead atoms. The summed E-state index contributed by atoms with van der Waals surface area (Å²) in [5, 5.41) is 8.50. The Hall–Kier alpha value is -1.36. The third-order valence-corrected chi connectivity index (χ3v) is 1.81. The molecule has 0 spiro atoms. The van der Waals surface area contributed by atoms with Gasteiger partial charge in [0, 0.05) is 13.1 Å². The number of aliphatic carboxylic acids is 1. The molecular formula is C8H11NO4. The van der Waals surface area contributed by atoms with Gasteiger partial charge in [0.25, 0.3) is 5.91 Å². The van der Waals surface area contributed by atoms with E-state index >= 15 is 0 Å². The van der Waals surface area contributed by atoms with Gasteiger partial charge in [0.05, 0.1) is 13.2 Å². The summed E-state index contributed by atoms with van der Waals surface area (Å²) < 4.78 is 5.02. The number of nitrogens with zero attached hydrogens (tertiary/aromatic N) is 1. The van der Waals surface area contributed by atoms with Crippen LogP contribution in [0.5, 0.6) is 0 Å². The normalized spacial score (nSPS) is 16.8. The highest BCUT2D eigenvalue weighted by Crippen LogP contribution is 2.03. The van der Waals surface area contributed by atoms with Crippen molar-refractivity contribution in [1.29, 1.82) is 0 Å². The Morgan fingerprint density at radius 1 is 1.31 bits per heavy atom. The van der Waals surface area contributed by atoms with Gasteiger partial charge in [0.1, 0.15) is 5.57 Å². The summed E-state index contributed by atoms with van der Waals surface area (Å²) in [7, 11) is 0. The van der Waals surface area contributed by atoms with E-state index in [1.54, 1.807) is 0 Å². The third kappa shape index (κ3) is 2.29. The molecule has 0 atom stereocenters. The van der Waals surface area contributed by atoms with E-state index in [1.807, 2.05) is 0 Å². The van der Waals surface area contributed by atoms with Crippen molar-refractivity contribution in [2.75, 3.05) is 26.3 Å². The molecule has 1 aliphatic rings. The van der Waals surface area contributed by atoms with Crippen LogP contribution in [0.2, 0.25) is 0 Å². The lowest BCUT2D eigenvalue weighted by Crippen LogP contribution is -2.42. The van der Waals surface area contributed by atoms with Crippen LogP contribution in [0.25, 0.3) is 0 Å². The molecule has 5 nitrogen and oxygen atoms in total. The Bertz CT molecular complexity index is 243. The Morgan fingerprint density at radius 2 is 1.85 bits per heavy atom. The van der Waals surface area contributed by atoms with Crippen molar-refractivity contribution in [1.82, 2.24) is 4.90 Å². The summed E-state index contributed by atoms with van der Waals surface area (Å²) in [5.41, 5.74) is -0.387. The average Bonchev–Trinajstić information content (AvgIpc) is 2.17. The summed E-state index contributed by atoms with van der Waals surface area (Å²) in [6, 6.07) is 0. The lowest BCUT2D eigenvalue weighted by molar-refractivity contribution is -0.139. The number of hydrogen-bond donors (Lipinski definition) is 1. The monoisotopic (exact) mass is 185 g/mol. The molecule has 1 saturated heterocycles. The van der Waals surface area contributed by atoms with Crippen molar-refractivity contribution >= 4 is 11.9 Å². The third-order valence-electron chi connectivity index (χ3n) is 1.81. The molecule has 72 valence electrons. The average molecular weight is 185 g/mol. The molecule has 13 heavy (non-hydrogen) atoms. The summed E-state index contributed by atoms with van der Waals surface area (Å²) in [6.45, 7) is 4.98. The molecule has 1 heterocycles. The first kappa shape index (κ1) is 9.73. The van der Waals surface area contributed by atoms with Crippen LogP contribution >= 0.6 is 0 Å². The molecule has 0 saturated carbocycles. The summed E-state index contributed by atoms with van der Waals surface area (Å²) in [6.07, 6.45) is 0. The summed E-state index contributed by atoms with van der Waals surface area (Å²) in [5.74, 6) is -1.78. The largest absolute Gasteiger partial charge is 0.478 e. The Kier molecular flexibility index (Phi) is 3.02. The number of morpholine rings is 1. The number of hydrogen-bond acceptors (Lipinski definition) is 3. The van der Waals surface area contributed by atoms with Crippen LogP contribution in [0.1, 0.15) is 0 Å². The number of carboxylic acid groups (broad SMARTS) is 1. The van der Waals surface area contributed by atoms with Crippen molar-refractivity contribution in [3.05, 3.63) is 12.2 Å². The zero-order valence-corrected chi connectivity index (χ0v) is 7.15. The lowest BCUT2D eigenvalue weighted by Gasteiger charge is -2.26. The maximum Gasteiger partial charge on any atom is 0.340 e. The topological polar surface area (TPSA) is 66.8 Å². The Morgan fingerprint density at radius 3 is 2.31 bits per heavy atom. The van der Waals surface area contributed by atoms with E-state index in [1.165, 1.54) is 4.90 Å². The molecule has 1 amide bonds. The predicted octanol–water partition coefficient (Wildman–Crippen LogP) is -0.514. The van der Waals surface area contributed by atoms with Gasteiger partial charge in [0.15, 0.2) is 0 Å². The quantitative estimate of drug-likeness (QED) is 0.357. The van der Waals surface area contributed by atoms with Gasteiger partial charge in [-0.2, -0.15) is 0 Å². The van der Waals surface area contributed by atoms with E-state index in [0.29, 0.717) is 26.3 Å². The maximum absolute atomic E-state index is 11.3. The number of carbonyl (C=O) groups excluding carboxylic acids is 1. The van der Waals surface area contributed by atoms with E-state index < -0.39 is 11.9 Å². The summed E-state index contributed by atoms with van der Waals surface area (Å²) in [4.78, 5) is 23.2. The van der Waals surface area contributed by atoms with Gasteiger partial charge in [-0.3, -0.25) is 4.79 Å². The van der Waals surface area contributed by atoms with Crippen molar-refractivity contribution in [2.45, 2.75) is 0 Å². The number of ether oxygens (including phenoxy) is 1. The van der Waals surface area contributed by atoms with Crippen molar-refractivity contribution in [3.8, 4) is 0 Å². The minimum atomic E-state index is -1.27. The fourth-order valence-corrected chi connectivity index (χ4v) is 1.05. The highest BCUT2D eigenvalue weighted by atomic mass is 16.5. The molecule has 0 aromatic rings. The molecule has 1 N–H and O–H groups in total. The van der Waals surface area contributed by atoms with Gasteiger partial charge in [-0.05, 0) is 0 Å².